The van der Waals surface area contributed by atoms with Crippen LogP contribution in [0.25, 0.3) is 11.3 Å². The van der Waals surface area contributed by atoms with Crippen LogP contribution in [0.15, 0.2) is 66.0 Å². The van der Waals surface area contributed by atoms with E-state index in [9.17, 15) is 0 Å². The number of pyridine rings is 1. The first kappa shape index (κ1) is 21.7. The van der Waals surface area contributed by atoms with E-state index < -0.39 is 0 Å². The quantitative estimate of drug-likeness (QED) is 0.401. The van der Waals surface area contributed by atoms with Crippen LogP contribution in [0.3, 0.4) is 0 Å². The number of hydrogen-bond acceptors (Lipinski definition) is 4. The van der Waals surface area contributed by atoms with Crippen molar-refractivity contribution in [3.05, 3.63) is 89.2 Å². The molecule has 30 heavy (non-hydrogen) atoms. The largest absolute Gasteiger partial charge is 0.361 e. The Labute approximate surface area is 182 Å². The van der Waals surface area contributed by atoms with E-state index in [1.54, 1.807) is 0 Å². The third-order valence-electron chi connectivity index (χ3n) is 4.44. The first-order chi connectivity index (χ1) is 14.1. The van der Waals surface area contributed by atoms with Crippen LogP contribution in [0.5, 0.6) is 0 Å². The van der Waals surface area contributed by atoms with Crippen molar-refractivity contribution in [2.45, 2.75) is 40.0 Å². The molecule has 4 rings (SSSR count). The number of benzene rings is 1. The van der Waals surface area contributed by atoms with E-state index >= 15 is 0 Å². The molecule has 6 heteroatoms. The SMILES string of the molecule is C=C(Nc1ccc(C)cc1)c1cn2cc(Cl)ccc2n1.Cc1cc(C(C)(C)C)on1. The second kappa shape index (κ2) is 8.76. The molecule has 0 fully saturated rings. The summed E-state index contributed by atoms with van der Waals surface area (Å²) in [4.78, 5) is 4.51. The van der Waals surface area contributed by atoms with Crippen LogP contribution in [-0.4, -0.2) is 14.5 Å². The van der Waals surface area contributed by atoms with Crippen LogP contribution in [-0.2, 0) is 5.41 Å². The number of aromatic nitrogens is 3. The summed E-state index contributed by atoms with van der Waals surface area (Å²) >= 11 is 5.97. The highest BCUT2D eigenvalue weighted by atomic mass is 35.5. The highest BCUT2D eigenvalue weighted by molar-refractivity contribution is 6.30. The maximum Gasteiger partial charge on any atom is 0.142 e. The lowest BCUT2D eigenvalue weighted by molar-refractivity contribution is 0.327. The summed E-state index contributed by atoms with van der Waals surface area (Å²) in [5.41, 5.74) is 5.66. The summed E-state index contributed by atoms with van der Waals surface area (Å²) in [6.45, 7) is 14.3. The maximum absolute atomic E-state index is 5.97. The molecule has 0 aliphatic carbocycles. The van der Waals surface area contributed by atoms with Gasteiger partial charge >= 0.3 is 0 Å². The van der Waals surface area contributed by atoms with Gasteiger partial charge in [0.25, 0.3) is 0 Å². The van der Waals surface area contributed by atoms with E-state index in [1.165, 1.54) is 5.56 Å². The molecule has 3 aromatic heterocycles. The predicted molar refractivity (Wildman–Crippen MR) is 124 cm³/mol. The Morgan fingerprint density at radius 3 is 2.33 bits per heavy atom. The summed E-state index contributed by atoms with van der Waals surface area (Å²) in [6.07, 6.45) is 3.73. The van der Waals surface area contributed by atoms with Crippen molar-refractivity contribution in [1.82, 2.24) is 14.5 Å². The van der Waals surface area contributed by atoms with Gasteiger partial charge in [-0.3, -0.25) is 0 Å². The van der Waals surface area contributed by atoms with Crippen molar-refractivity contribution in [2.75, 3.05) is 5.32 Å². The van der Waals surface area contributed by atoms with E-state index in [2.05, 4.69) is 61.9 Å². The zero-order valence-corrected chi connectivity index (χ0v) is 18.8. The maximum atomic E-state index is 5.97. The topological polar surface area (TPSA) is 55.4 Å². The Kier molecular flexibility index (Phi) is 6.32. The molecule has 5 nitrogen and oxygen atoms in total. The van der Waals surface area contributed by atoms with Gasteiger partial charge in [-0.2, -0.15) is 0 Å². The number of fused-ring (bicyclic) bond motifs is 1. The van der Waals surface area contributed by atoms with Gasteiger partial charge in [-0.15, -0.1) is 0 Å². The van der Waals surface area contributed by atoms with Crippen LogP contribution in [0.2, 0.25) is 5.02 Å². The van der Waals surface area contributed by atoms with Crippen LogP contribution in [0.4, 0.5) is 5.69 Å². The van der Waals surface area contributed by atoms with E-state index in [0.717, 1.165) is 34.2 Å². The lowest BCUT2D eigenvalue weighted by Gasteiger charge is -2.11. The fourth-order valence-corrected chi connectivity index (χ4v) is 2.87. The minimum Gasteiger partial charge on any atom is -0.361 e. The van der Waals surface area contributed by atoms with Gasteiger partial charge in [0, 0.05) is 29.6 Å². The second-order valence-electron chi connectivity index (χ2n) is 8.29. The van der Waals surface area contributed by atoms with Crippen molar-refractivity contribution in [2.24, 2.45) is 0 Å². The molecule has 0 atom stereocenters. The Hall–Kier alpha value is -3.05. The van der Waals surface area contributed by atoms with Crippen molar-refractivity contribution in [1.29, 1.82) is 0 Å². The van der Waals surface area contributed by atoms with Crippen molar-refractivity contribution in [3.63, 3.8) is 0 Å². The highest BCUT2D eigenvalue weighted by Gasteiger charge is 2.18. The number of anilines is 1. The molecule has 1 aromatic carbocycles. The Morgan fingerprint density at radius 1 is 1.07 bits per heavy atom. The van der Waals surface area contributed by atoms with E-state index in [0.29, 0.717) is 5.02 Å². The molecule has 0 aliphatic heterocycles. The van der Waals surface area contributed by atoms with Gasteiger partial charge in [0.15, 0.2) is 0 Å². The fourth-order valence-electron chi connectivity index (χ4n) is 2.70. The summed E-state index contributed by atoms with van der Waals surface area (Å²) in [6, 6.07) is 13.8. The number of nitrogens with zero attached hydrogens (tertiary/aromatic N) is 3. The summed E-state index contributed by atoms with van der Waals surface area (Å²) in [7, 11) is 0. The number of hydrogen-bond donors (Lipinski definition) is 1. The van der Waals surface area contributed by atoms with Gasteiger partial charge in [-0.1, -0.05) is 61.8 Å². The van der Waals surface area contributed by atoms with Crippen LogP contribution in [0.1, 0.15) is 43.5 Å². The number of imidazole rings is 1. The number of aryl methyl sites for hydroxylation is 2. The smallest absolute Gasteiger partial charge is 0.142 e. The minimum atomic E-state index is 0.0846. The van der Waals surface area contributed by atoms with E-state index in [1.807, 2.05) is 54.0 Å². The number of rotatable bonds is 3. The van der Waals surface area contributed by atoms with Crippen LogP contribution in [0, 0.1) is 13.8 Å². The minimum absolute atomic E-state index is 0.0846. The summed E-state index contributed by atoms with van der Waals surface area (Å²) in [5, 5.41) is 7.74. The molecule has 0 amide bonds. The summed E-state index contributed by atoms with van der Waals surface area (Å²) < 4.78 is 6.97. The zero-order chi connectivity index (χ0) is 21.9. The molecular weight excluding hydrogens is 396 g/mol. The Balaban J connectivity index is 0.000000216. The van der Waals surface area contributed by atoms with Crippen LogP contribution >= 0.6 is 11.6 Å². The van der Waals surface area contributed by atoms with E-state index in [-0.39, 0.29) is 5.41 Å². The van der Waals surface area contributed by atoms with Gasteiger partial charge in [0.2, 0.25) is 0 Å². The normalized spacial score (nSPS) is 11.1. The van der Waals surface area contributed by atoms with Gasteiger partial charge in [0.05, 0.1) is 16.4 Å². The average molecular weight is 423 g/mol. The third-order valence-corrected chi connectivity index (χ3v) is 4.66. The molecule has 3 heterocycles. The first-order valence-corrected chi connectivity index (χ1v) is 10.1. The molecular formula is C24H27ClN4O. The number of halogens is 1. The fraction of sp³-hybridized carbons (Fsp3) is 0.250. The molecule has 0 saturated carbocycles. The zero-order valence-electron chi connectivity index (χ0n) is 18.0. The van der Waals surface area contributed by atoms with Crippen molar-refractivity contribution >= 4 is 28.6 Å². The summed E-state index contributed by atoms with van der Waals surface area (Å²) in [5.74, 6) is 0.949. The Bertz CT molecular complexity index is 1150. The first-order valence-electron chi connectivity index (χ1n) is 9.73. The molecule has 0 bridgehead atoms. The molecule has 0 unspecified atom stereocenters. The van der Waals surface area contributed by atoms with Gasteiger partial charge in [-0.25, -0.2) is 4.98 Å². The Morgan fingerprint density at radius 2 is 1.77 bits per heavy atom. The third kappa shape index (κ3) is 5.51. The monoisotopic (exact) mass is 422 g/mol. The second-order valence-corrected chi connectivity index (χ2v) is 8.73. The average Bonchev–Trinajstić information content (AvgIpc) is 3.30. The highest BCUT2D eigenvalue weighted by Crippen LogP contribution is 2.22. The van der Waals surface area contributed by atoms with Crippen molar-refractivity contribution in [3.8, 4) is 0 Å². The van der Waals surface area contributed by atoms with Crippen molar-refractivity contribution < 1.29 is 4.52 Å². The molecule has 0 radical (unpaired) electrons. The molecule has 0 aliphatic rings. The van der Waals surface area contributed by atoms with Gasteiger partial charge in [0.1, 0.15) is 17.1 Å². The predicted octanol–water partition coefficient (Wildman–Crippen LogP) is 6.66. The molecule has 4 aromatic rings. The van der Waals surface area contributed by atoms with Gasteiger partial charge < -0.3 is 14.2 Å². The van der Waals surface area contributed by atoms with Gasteiger partial charge in [-0.05, 0) is 38.1 Å². The lowest BCUT2D eigenvalue weighted by atomic mass is 9.93. The lowest BCUT2D eigenvalue weighted by Crippen LogP contribution is -2.09. The molecule has 0 saturated heterocycles. The standard InChI is InChI=1S/C16H14ClN3.C8H13NO/c1-11-3-6-14(7-4-11)18-12(2)15-10-20-9-13(17)5-8-16(20)19-15;1-6-5-7(10-9-6)8(2,3)4/h3-10,18H,2H2,1H3;5H,1-4H3. The van der Waals surface area contributed by atoms with Crippen LogP contribution < -0.4 is 5.32 Å². The number of nitrogens with one attached hydrogen (secondary N) is 1. The molecule has 156 valence electrons. The molecule has 1 N–H and O–H groups in total. The van der Waals surface area contributed by atoms with E-state index in [4.69, 9.17) is 16.1 Å². The molecule has 0 spiro atoms.